The Morgan fingerprint density at radius 2 is 2.09 bits per heavy atom. The molecule has 8 heteroatoms. The normalized spacial score (nSPS) is 25.0. The summed E-state index contributed by atoms with van der Waals surface area (Å²) in [6.07, 6.45) is 1.80. The number of hydrogen-bond acceptors (Lipinski definition) is 6. The van der Waals surface area contributed by atoms with E-state index in [9.17, 15) is 9.59 Å². The SMILES string of the molecule is CC1(C)SC[C@H](C(=O)N2CCN(c3nccs3)CC2)NC1=O. The largest absolute Gasteiger partial charge is 0.345 e. The number of thiazole rings is 1. The molecular weight excluding hydrogens is 320 g/mol. The van der Waals surface area contributed by atoms with Crippen LogP contribution in [-0.2, 0) is 9.59 Å². The summed E-state index contributed by atoms with van der Waals surface area (Å²) in [7, 11) is 0. The number of amides is 2. The van der Waals surface area contributed by atoms with Crippen LogP contribution in [0, 0.1) is 0 Å². The Balaban J connectivity index is 1.55. The molecule has 1 atom stereocenters. The van der Waals surface area contributed by atoms with Gasteiger partial charge in [0, 0.05) is 43.5 Å². The Hall–Kier alpha value is -1.28. The summed E-state index contributed by atoms with van der Waals surface area (Å²) < 4.78 is -0.444. The predicted octanol–water partition coefficient (Wildman–Crippen LogP) is 0.802. The molecule has 0 aliphatic carbocycles. The van der Waals surface area contributed by atoms with Crippen molar-refractivity contribution in [3.63, 3.8) is 0 Å². The molecule has 1 aromatic heterocycles. The van der Waals surface area contributed by atoms with Crippen molar-refractivity contribution in [2.24, 2.45) is 0 Å². The number of rotatable bonds is 2. The van der Waals surface area contributed by atoms with Crippen LogP contribution in [0.25, 0.3) is 0 Å². The van der Waals surface area contributed by atoms with E-state index in [0.717, 1.165) is 18.2 Å². The molecule has 0 bridgehead atoms. The van der Waals surface area contributed by atoms with Gasteiger partial charge >= 0.3 is 0 Å². The molecule has 1 N–H and O–H groups in total. The first-order valence-electron chi connectivity index (χ1n) is 7.35. The molecule has 3 rings (SSSR count). The monoisotopic (exact) mass is 340 g/mol. The summed E-state index contributed by atoms with van der Waals surface area (Å²) in [4.78, 5) is 32.9. The molecule has 3 heterocycles. The van der Waals surface area contributed by atoms with E-state index in [1.54, 1.807) is 29.3 Å². The number of hydrogen-bond donors (Lipinski definition) is 1. The summed E-state index contributed by atoms with van der Waals surface area (Å²) in [5.41, 5.74) is 0. The van der Waals surface area contributed by atoms with E-state index < -0.39 is 10.8 Å². The van der Waals surface area contributed by atoms with Gasteiger partial charge in [0.25, 0.3) is 0 Å². The van der Waals surface area contributed by atoms with E-state index in [-0.39, 0.29) is 11.8 Å². The van der Waals surface area contributed by atoms with Crippen LogP contribution in [0.2, 0.25) is 0 Å². The van der Waals surface area contributed by atoms with Gasteiger partial charge in [0.2, 0.25) is 11.8 Å². The van der Waals surface area contributed by atoms with Crippen molar-refractivity contribution in [1.29, 1.82) is 0 Å². The highest BCUT2D eigenvalue weighted by molar-refractivity contribution is 8.01. The third kappa shape index (κ3) is 3.08. The third-order valence-corrected chi connectivity index (χ3v) is 6.28. The first-order chi connectivity index (χ1) is 10.5. The van der Waals surface area contributed by atoms with Crippen molar-refractivity contribution >= 4 is 40.0 Å². The molecular formula is C14H20N4O2S2. The molecule has 22 heavy (non-hydrogen) atoms. The van der Waals surface area contributed by atoms with Crippen LogP contribution >= 0.6 is 23.1 Å². The van der Waals surface area contributed by atoms with Crippen LogP contribution in [0.1, 0.15) is 13.8 Å². The van der Waals surface area contributed by atoms with Gasteiger partial charge in [-0.15, -0.1) is 23.1 Å². The number of aromatic nitrogens is 1. The summed E-state index contributed by atoms with van der Waals surface area (Å²) in [6, 6.07) is -0.392. The fourth-order valence-corrected chi connectivity index (χ4v) is 4.27. The Morgan fingerprint density at radius 3 is 2.68 bits per heavy atom. The van der Waals surface area contributed by atoms with Gasteiger partial charge in [-0.3, -0.25) is 9.59 Å². The number of carbonyl (C=O) groups is 2. The lowest BCUT2D eigenvalue weighted by atomic mass is 10.1. The molecule has 1 aromatic rings. The molecule has 2 saturated heterocycles. The molecule has 0 saturated carbocycles. The summed E-state index contributed by atoms with van der Waals surface area (Å²) in [5.74, 6) is 0.628. The van der Waals surface area contributed by atoms with Crippen LogP contribution in [0.3, 0.4) is 0 Å². The number of nitrogens with one attached hydrogen (secondary N) is 1. The second kappa shape index (κ2) is 6.08. The van der Waals surface area contributed by atoms with Crippen LogP contribution in [0.4, 0.5) is 5.13 Å². The maximum atomic E-state index is 12.6. The minimum absolute atomic E-state index is 0.0372. The summed E-state index contributed by atoms with van der Waals surface area (Å²) in [5, 5.41) is 5.84. The molecule has 2 amide bonds. The van der Waals surface area contributed by atoms with Crippen molar-refractivity contribution in [2.45, 2.75) is 24.6 Å². The second-order valence-electron chi connectivity index (χ2n) is 5.97. The molecule has 2 fully saturated rings. The third-order valence-electron chi connectivity index (χ3n) is 4.04. The molecule has 0 radical (unpaired) electrons. The molecule has 6 nitrogen and oxygen atoms in total. The first kappa shape index (κ1) is 15.6. The fraction of sp³-hybridized carbons (Fsp3) is 0.643. The minimum atomic E-state index is -0.444. The molecule has 0 aromatic carbocycles. The van der Waals surface area contributed by atoms with Gasteiger partial charge in [-0.05, 0) is 13.8 Å². The highest BCUT2D eigenvalue weighted by Gasteiger charge is 2.39. The van der Waals surface area contributed by atoms with Gasteiger partial charge in [-0.2, -0.15) is 0 Å². The van der Waals surface area contributed by atoms with Crippen LogP contribution in [-0.4, -0.2) is 64.4 Å². The lowest BCUT2D eigenvalue weighted by Gasteiger charge is -2.39. The van der Waals surface area contributed by atoms with Gasteiger partial charge < -0.3 is 15.1 Å². The van der Waals surface area contributed by atoms with Gasteiger partial charge in [-0.1, -0.05) is 0 Å². The van der Waals surface area contributed by atoms with E-state index >= 15 is 0 Å². The summed E-state index contributed by atoms with van der Waals surface area (Å²) in [6.45, 7) is 6.72. The zero-order chi connectivity index (χ0) is 15.7. The van der Waals surface area contributed by atoms with Crippen molar-refractivity contribution in [3.8, 4) is 0 Å². The highest BCUT2D eigenvalue weighted by atomic mass is 32.2. The highest BCUT2D eigenvalue weighted by Crippen LogP contribution is 2.29. The summed E-state index contributed by atoms with van der Waals surface area (Å²) >= 11 is 3.17. The zero-order valence-electron chi connectivity index (χ0n) is 12.7. The van der Waals surface area contributed by atoms with Gasteiger partial charge in [-0.25, -0.2) is 4.98 Å². The maximum Gasteiger partial charge on any atom is 0.246 e. The van der Waals surface area contributed by atoms with E-state index in [1.165, 1.54) is 0 Å². The number of piperazine rings is 1. The minimum Gasteiger partial charge on any atom is -0.345 e. The van der Waals surface area contributed by atoms with E-state index in [0.29, 0.717) is 18.8 Å². The van der Waals surface area contributed by atoms with Gasteiger partial charge in [0.1, 0.15) is 6.04 Å². The lowest BCUT2D eigenvalue weighted by Crippen LogP contribution is -2.60. The van der Waals surface area contributed by atoms with Crippen molar-refractivity contribution in [1.82, 2.24) is 15.2 Å². The number of nitrogens with zero attached hydrogens (tertiary/aromatic N) is 3. The van der Waals surface area contributed by atoms with Crippen molar-refractivity contribution in [2.75, 3.05) is 36.8 Å². The molecule has 0 spiro atoms. The van der Waals surface area contributed by atoms with Gasteiger partial charge in [0.15, 0.2) is 5.13 Å². The lowest BCUT2D eigenvalue weighted by molar-refractivity contribution is -0.136. The molecule has 2 aliphatic heterocycles. The van der Waals surface area contributed by atoms with E-state index in [4.69, 9.17) is 0 Å². The maximum absolute atomic E-state index is 12.6. The molecule has 0 unspecified atom stereocenters. The Labute approximate surface area is 138 Å². The smallest absolute Gasteiger partial charge is 0.246 e. The number of anilines is 1. The topological polar surface area (TPSA) is 65.5 Å². The van der Waals surface area contributed by atoms with Crippen molar-refractivity contribution < 1.29 is 9.59 Å². The van der Waals surface area contributed by atoms with Crippen LogP contribution in [0.5, 0.6) is 0 Å². The van der Waals surface area contributed by atoms with Crippen LogP contribution in [0.15, 0.2) is 11.6 Å². The van der Waals surface area contributed by atoms with E-state index in [1.807, 2.05) is 24.1 Å². The Bertz CT molecular complexity index is 553. The Kier molecular flexibility index (Phi) is 4.31. The molecule has 120 valence electrons. The molecule has 2 aliphatic rings. The second-order valence-corrected chi connectivity index (χ2v) is 8.49. The standard InChI is InChI=1S/C14H20N4O2S2/c1-14(2)12(20)16-10(9-22-14)11(19)17-4-6-18(7-5-17)13-15-3-8-21-13/h3,8,10H,4-7,9H2,1-2H3,(H,16,20)/t10-/m1/s1. The van der Waals surface area contributed by atoms with E-state index in [2.05, 4.69) is 15.2 Å². The van der Waals surface area contributed by atoms with Crippen molar-refractivity contribution in [3.05, 3.63) is 11.6 Å². The zero-order valence-corrected chi connectivity index (χ0v) is 14.4. The van der Waals surface area contributed by atoms with Gasteiger partial charge in [0.05, 0.1) is 4.75 Å². The number of carbonyl (C=O) groups excluding carboxylic acids is 2. The quantitative estimate of drug-likeness (QED) is 0.863. The fourth-order valence-electron chi connectivity index (χ4n) is 2.57. The average Bonchev–Trinajstić information content (AvgIpc) is 3.04. The first-order valence-corrected chi connectivity index (χ1v) is 9.22. The average molecular weight is 340 g/mol. The predicted molar refractivity (Wildman–Crippen MR) is 89.4 cm³/mol. The van der Waals surface area contributed by atoms with Crippen LogP contribution < -0.4 is 10.2 Å². The Morgan fingerprint density at radius 1 is 1.36 bits per heavy atom. The number of thioether (sulfide) groups is 1.